The van der Waals surface area contributed by atoms with Gasteiger partial charge in [0.1, 0.15) is 43.2 Å². The van der Waals surface area contributed by atoms with E-state index in [1.54, 1.807) is 12.2 Å². The number of hydrogen-bond donors (Lipinski definition) is 8. The standard InChI is InChI=1S/C49H86O17P2/c1-3-5-7-9-11-13-15-17-18-19-20-22-24-26-28-30-32-36-42(51)62-38-41(39-63-68(60,61)66-49-46(55)44(53)45(54)48(47(49)56)65-67(57,58)59)64-43(52)37-33-35-40(50)34-31-29-27-25-23-21-16-14-12-10-8-6-4-2/h12,14,17-18,21,23,27,29,31,34,40-41,44-50,53-56H,3-11,13,15-16,19-20,22,24-26,28,30,32-33,35-39H2,1-2H3,(H,60,61)(H2,57,58,59)/b14-12-,18-17-,23-21-,29-27-,34-31+/t40-,41+,44?,45?,46?,47?,48+,49-/m0/s1. The summed E-state index contributed by atoms with van der Waals surface area (Å²) in [5, 5.41) is 51.6. The molecule has 0 aromatic carbocycles. The summed E-state index contributed by atoms with van der Waals surface area (Å²) in [5.41, 5.74) is 0. The molecule has 0 heterocycles. The Bertz CT molecular complexity index is 1560. The average Bonchev–Trinajstić information content (AvgIpc) is 3.29. The predicted octanol–water partition coefficient (Wildman–Crippen LogP) is 8.81. The zero-order valence-corrected chi connectivity index (χ0v) is 42.4. The van der Waals surface area contributed by atoms with E-state index in [2.05, 4.69) is 54.8 Å². The predicted molar refractivity (Wildman–Crippen MR) is 261 cm³/mol. The van der Waals surface area contributed by atoms with Gasteiger partial charge in [-0.2, -0.15) is 0 Å². The molecule has 1 aliphatic rings. The molecule has 0 aliphatic heterocycles. The first-order valence-electron chi connectivity index (χ1n) is 24.9. The number of unbranched alkanes of at least 4 members (excludes halogenated alkanes) is 16. The van der Waals surface area contributed by atoms with Crippen LogP contribution in [0.1, 0.15) is 174 Å². The molecule has 0 aromatic heterocycles. The lowest BCUT2D eigenvalue weighted by Crippen LogP contribution is -2.64. The van der Waals surface area contributed by atoms with Crippen molar-refractivity contribution < 1.29 is 82.0 Å². The zero-order valence-electron chi connectivity index (χ0n) is 40.6. The third-order valence-electron chi connectivity index (χ3n) is 11.2. The van der Waals surface area contributed by atoms with Crippen LogP contribution in [0.15, 0.2) is 60.8 Å². The van der Waals surface area contributed by atoms with Crippen LogP contribution in [0.2, 0.25) is 0 Å². The molecule has 0 amide bonds. The van der Waals surface area contributed by atoms with Crippen molar-refractivity contribution in [2.75, 3.05) is 13.2 Å². The van der Waals surface area contributed by atoms with Gasteiger partial charge in [-0.1, -0.05) is 152 Å². The molecule has 9 atom stereocenters. The van der Waals surface area contributed by atoms with Crippen molar-refractivity contribution in [3.63, 3.8) is 0 Å². The molecule has 1 saturated carbocycles. The summed E-state index contributed by atoms with van der Waals surface area (Å²) < 4.78 is 49.3. The smallest absolute Gasteiger partial charge is 0.462 e. The minimum atomic E-state index is -5.39. The summed E-state index contributed by atoms with van der Waals surface area (Å²) in [6.45, 7) is 2.92. The van der Waals surface area contributed by atoms with Crippen LogP contribution >= 0.6 is 15.6 Å². The number of aliphatic hydroxyl groups excluding tert-OH is 5. The number of carbonyl (C=O) groups excluding carboxylic acids is 2. The molecule has 0 spiro atoms. The Balaban J connectivity index is 2.66. The monoisotopic (exact) mass is 1010 g/mol. The van der Waals surface area contributed by atoms with Crippen LogP contribution in [0.4, 0.5) is 0 Å². The normalized spacial score (nSPS) is 22.2. The van der Waals surface area contributed by atoms with Crippen LogP contribution in [0.25, 0.3) is 0 Å². The molecule has 0 aromatic rings. The van der Waals surface area contributed by atoms with Gasteiger partial charge in [-0.3, -0.25) is 23.2 Å². The largest absolute Gasteiger partial charge is 0.472 e. The van der Waals surface area contributed by atoms with Crippen LogP contribution in [-0.2, 0) is 41.8 Å². The molecule has 19 heteroatoms. The van der Waals surface area contributed by atoms with Gasteiger partial charge in [-0.25, -0.2) is 9.13 Å². The Kier molecular flexibility index (Phi) is 36.8. The van der Waals surface area contributed by atoms with Gasteiger partial charge in [0.2, 0.25) is 0 Å². The number of carbonyl (C=O) groups is 2. The zero-order chi connectivity index (χ0) is 50.5. The molecule has 5 unspecified atom stereocenters. The summed E-state index contributed by atoms with van der Waals surface area (Å²) >= 11 is 0. The number of phosphoric ester groups is 2. The maximum absolute atomic E-state index is 13.0. The van der Waals surface area contributed by atoms with E-state index in [4.69, 9.17) is 18.5 Å². The first kappa shape index (κ1) is 63.7. The molecule has 0 radical (unpaired) electrons. The fourth-order valence-electron chi connectivity index (χ4n) is 7.24. The summed E-state index contributed by atoms with van der Waals surface area (Å²) in [5.74, 6) is -1.41. The number of aliphatic hydroxyl groups is 5. The van der Waals surface area contributed by atoms with Gasteiger partial charge < -0.3 is 49.7 Å². The topological polar surface area (TPSA) is 276 Å². The maximum atomic E-state index is 13.0. The number of ether oxygens (including phenoxy) is 2. The average molecular weight is 1010 g/mol. The van der Waals surface area contributed by atoms with Crippen molar-refractivity contribution in [3.8, 4) is 0 Å². The highest BCUT2D eigenvalue weighted by Gasteiger charge is 2.54. The van der Waals surface area contributed by atoms with Gasteiger partial charge in [0.25, 0.3) is 0 Å². The van der Waals surface area contributed by atoms with E-state index < -0.39 is 89.6 Å². The van der Waals surface area contributed by atoms with Crippen LogP contribution < -0.4 is 0 Å². The van der Waals surface area contributed by atoms with Crippen molar-refractivity contribution in [3.05, 3.63) is 60.8 Å². The Morgan fingerprint density at radius 2 is 1.03 bits per heavy atom. The van der Waals surface area contributed by atoms with Crippen molar-refractivity contribution in [1.82, 2.24) is 0 Å². The van der Waals surface area contributed by atoms with Crippen molar-refractivity contribution >= 4 is 27.6 Å². The molecular formula is C49H86O17P2. The number of esters is 2. The maximum Gasteiger partial charge on any atom is 0.472 e. The molecule has 394 valence electrons. The Hall–Kier alpha value is -2.34. The van der Waals surface area contributed by atoms with Gasteiger partial charge in [0, 0.05) is 12.8 Å². The fourth-order valence-corrected chi connectivity index (χ4v) is 8.78. The first-order chi connectivity index (χ1) is 32.5. The molecular weight excluding hydrogens is 922 g/mol. The second kappa shape index (κ2) is 39.3. The van der Waals surface area contributed by atoms with E-state index in [9.17, 15) is 58.9 Å². The minimum absolute atomic E-state index is 0.0736. The first-order valence-corrected chi connectivity index (χ1v) is 28.0. The highest BCUT2D eigenvalue weighted by Crippen LogP contribution is 2.49. The molecule has 68 heavy (non-hydrogen) atoms. The third-order valence-corrected chi connectivity index (χ3v) is 12.7. The van der Waals surface area contributed by atoms with Gasteiger partial charge in [0.15, 0.2) is 6.10 Å². The van der Waals surface area contributed by atoms with Gasteiger partial charge in [0.05, 0.1) is 12.7 Å². The molecule has 0 saturated heterocycles. The van der Waals surface area contributed by atoms with E-state index in [0.29, 0.717) is 6.42 Å². The molecule has 8 N–H and O–H groups in total. The van der Waals surface area contributed by atoms with Crippen molar-refractivity contribution in [2.45, 2.75) is 223 Å². The number of phosphoric acid groups is 2. The van der Waals surface area contributed by atoms with Crippen molar-refractivity contribution in [1.29, 1.82) is 0 Å². The highest BCUT2D eigenvalue weighted by atomic mass is 31.2. The molecule has 1 fully saturated rings. The van der Waals surface area contributed by atoms with Crippen molar-refractivity contribution in [2.24, 2.45) is 0 Å². The fraction of sp³-hybridized carbons (Fsp3) is 0.755. The van der Waals surface area contributed by atoms with E-state index >= 15 is 0 Å². The number of hydrogen-bond acceptors (Lipinski definition) is 14. The Morgan fingerprint density at radius 3 is 1.63 bits per heavy atom. The molecule has 17 nitrogen and oxygen atoms in total. The van der Waals surface area contributed by atoms with Gasteiger partial charge in [-0.15, -0.1) is 0 Å². The van der Waals surface area contributed by atoms with Crippen LogP contribution in [0.3, 0.4) is 0 Å². The van der Waals surface area contributed by atoms with Crippen LogP contribution in [0, 0.1) is 0 Å². The van der Waals surface area contributed by atoms with Gasteiger partial charge >= 0.3 is 27.6 Å². The van der Waals surface area contributed by atoms with Crippen LogP contribution in [-0.4, -0.2) is 114 Å². The lowest BCUT2D eigenvalue weighted by molar-refractivity contribution is -0.216. The summed E-state index contributed by atoms with van der Waals surface area (Å²) in [4.78, 5) is 54.4. The SMILES string of the molecule is CCCCC/C=C\C/C=C\C/C=C\C=C\[C@H](O)CCCC(=O)O[C@H](COC(=O)CCCCCCCCC/C=C\CCCCCCCC)COP(=O)(O)O[C@H]1C(O)C(O)C(O)[C@@H](OP(=O)(O)O)C1O. The Labute approximate surface area is 405 Å². The number of rotatable bonds is 41. The molecule has 0 bridgehead atoms. The van der Waals surface area contributed by atoms with E-state index in [0.717, 1.165) is 70.6 Å². The van der Waals surface area contributed by atoms with E-state index in [1.807, 2.05) is 12.2 Å². The summed E-state index contributed by atoms with van der Waals surface area (Å²) in [6.07, 6.45) is 27.6. The van der Waals surface area contributed by atoms with Crippen LogP contribution in [0.5, 0.6) is 0 Å². The lowest BCUT2D eigenvalue weighted by Gasteiger charge is -2.43. The number of allylic oxidation sites excluding steroid dienone is 9. The lowest BCUT2D eigenvalue weighted by atomic mass is 9.85. The van der Waals surface area contributed by atoms with Gasteiger partial charge in [-0.05, 0) is 70.6 Å². The Morgan fingerprint density at radius 1 is 0.544 bits per heavy atom. The quantitative estimate of drug-likeness (QED) is 0.00934. The molecule has 1 rings (SSSR count). The third kappa shape index (κ3) is 33.3. The second-order valence-electron chi connectivity index (χ2n) is 17.4. The summed E-state index contributed by atoms with van der Waals surface area (Å²) in [7, 11) is -10.8. The minimum Gasteiger partial charge on any atom is -0.462 e. The van der Waals surface area contributed by atoms with E-state index in [-0.39, 0.29) is 25.7 Å². The second-order valence-corrected chi connectivity index (χ2v) is 20.0. The summed E-state index contributed by atoms with van der Waals surface area (Å²) in [6, 6.07) is 0. The highest BCUT2D eigenvalue weighted by molar-refractivity contribution is 7.47. The molecule has 1 aliphatic carbocycles. The van der Waals surface area contributed by atoms with E-state index in [1.165, 1.54) is 57.8 Å².